The molecule has 0 aromatic carbocycles. The number of aryl methyl sites for hydroxylation is 2. The number of hydrogen-bond donors (Lipinski definition) is 1. The molecule has 4 nitrogen and oxygen atoms in total. The largest absolute Gasteiger partial charge is 0.390 e. The summed E-state index contributed by atoms with van der Waals surface area (Å²) in [7, 11) is 0. The Balaban J connectivity index is 2.19. The van der Waals surface area contributed by atoms with E-state index in [1.165, 1.54) is 6.92 Å². The normalized spacial score (nSPS) is 15.4. The molecule has 1 N–H and O–H groups in total. The van der Waals surface area contributed by atoms with Crippen molar-refractivity contribution in [3.8, 4) is 0 Å². The van der Waals surface area contributed by atoms with Crippen LogP contribution in [0.25, 0.3) is 5.65 Å². The highest BCUT2D eigenvalue weighted by Gasteiger charge is 2.30. The van der Waals surface area contributed by atoms with Gasteiger partial charge in [0.25, 0.3) is 0 Å². The minimum absolute atomic E-state index is 0.233. The lowest BCUT2D eigenvalue weighted by Crippen LogP contribution is -2.33. The second-order valence-corrected chi connectivity index (χ2v) is 5.46. The zero-order valence-corrected chi connectivity index (χ0v) is 12.5. The molecule has 0 saturated heterocycles. The van der Waals surface area contributed by atoms with E-state index in [0.717, 1.165) is 22.6 Å². The van der Waals surface area contributed by atoms with Gasteiger partial charge >= 0.3 is 6.18 Å². The third-order valence-electron chi connectivity index (χ3n) is 3.42. The molecule has 116 valence electrons. The smallest absolute Gasteiger partial charge is 0.307 e. The van der Waals surface area contributed by atoms with Gasteiger partial charge in [0, 0.05) is 35.6 Å². The van der Waals surface area contributed by atoms with Crippen LogP contribution in [0.15, 0.2) is 12.3 Å². The van der Waals surface area contributed by atoms with Crippen LogP contribution in [0.3, 0.4) is 0 Å². The van der Waals surface area contributed by atoms with Gasteiger partial charge in [-0.25, -0.2) is 9.50 Å². The summed E-state index contributed by atoms with van der Waals surface area (Å²) in [4.78, 5) is 4.30. The molecule has 0 amide bonds. The maximum atomic E-state index is 12.4. The first-order valence-corrected chi connectivity index (χ1v) is 6.82. The Morgan fingerprint density at radius 2 is 1.95 bits per heavy atom. The number of fused-ring (bicyclic) bond motifs is 1. The molecule has 0 aliphatic heterocycles. The van der Waals surface area contributed by atoms with Crippen LogP contribution in [0.1, 0.15) is 43.3 Å². The Kier molecular flexibility index (Phi) is 4.22. The quantitative estimate of drug-likeness (QED) is 0.941. The van der Waals surface area contributed by atoms with Gasteiger partial charge in [-0.2, -0.15) is 18.3 Å². The molecule has 2 aromatic rings. The average Bonchev–Trinajstić information content (AvgIpc) is 2.68. The maximum absolute atomic E-state index is 12.4. The molecule has 0 aliphatic carbocycles. The van der Waals surface area contributed by atoms with Gasteiger partial charge in [-0.3, -0.25) is 0 Å². The van der Waals surface area contributed by atoms with Gasteiger partial charge in [0.05, 0.1) is 12.1 Å². The first-order chi connectivity index (χ1) is 9.67. The highest BCUT2D eigenvalue weighted by molar-refractivity contribution is 5.42. The van der Waals surface area contributed by atoms with Crippen molar-refractivity contribution in [1.82, 2.24) is 19.9 Å². The molecule has 2 aromatic heterocycles. The van der Waals surface area contributed by atoms with E-state index >= 15 is 0 Å². The minimum Gasteiger partial charge on any atom is -0.307 e. The molecule has 21 heavy (non-hydrogen) atoms. The Labute approximate surface area is 121 Å². The Hall–Kier alpha value is -1.63. The van der Waals surface area contributed by atoms with E-state index in [1.54, 1.807) is 10.7 Å². The van der Waals surface area contributed by atoms with Crippen LogP contribution in [0, 0.1) is 13.8 Å². The summed E-state index contributed by atoms with van der Waals surface area (Å²) in [5.41, 5.74) is 3.32. The average molecular weight is 300 g/mol. The molecule has 2 heterocycles. The van der Waals surface area contributed by atoms with Crippen LogP contribution in [-0.4, -0.2) is 26.8 Å². The summed E-state index contributed by atoms with van der Waals surface area (Å²) >= 11 is 0. The fourth-order valence-corrected chi connectivity index (χ4v) is 2.52. The van der Waals surface area contributed by atoms with Crippen LogP contribution in [-0.2, 0) is 0 Å². The highest BCUT2D eigenvalue weighted by atomic mass is 19.4. The van der Waals surface area contributed by atoms with Gasteiger partial charge in [0.2, 0.25) is 0 Å². The monoisotopic (exact) mass is 300 g/mol. The van der Waals surface area contributed by atoms with Crippen molar-refractivity contribution < 1.29 is 13.2 Å². The van der Waals surface area contributed by atoms with Crippen molar-refractivity contribution in [1.29, 1.82) is 0 Å². The highest BCUT2D eigenvalue weighted by Crippen LogP contribution is 2.24. The molecular formula is C14H19F3N4. The number of alkyl halides is 3. The van der Waals surface area contributed by atoms with Crippen LogP contribution < -0.4 is 5.32 Å². The number of aromatic nitrogens is 3. The maximum Gasteiger partial charge on any atom is 0.390 e. The van der Waals surface area contributed by atoms with Crippen LogP contribution in [0.2, 0.25) is 0 Å². The summed E-state index contributed by atoms with van der Waals surface area (Å²) in [5, 5.41) is 7.30. The van der Waals surface area contributed by atoms with E-state index in [1.807, 2.05) is 26.8 Å². The first kappa shape index (κ1) is 15.8. The van der Waals surface area contributed by atoms with E-state index in [0.29, 0.717) is 0 Å². The molecule has 0 saturated carbocycles. The van der Waals surface area contributed by atoms with Crippen molar-refractivity contribution in [2.75, 3.05) is 0 Å². The SMILES string of the molecule is Cc1cc2ncc(C(C)NC(C)CC(F)(F)F)c(C)n2n1. The van der Waals surface area contributed by atoms with Crippen LogP contribution >= 0.6 is 0 Å². The van der Waals surface area contributed by atoms with Gasteiger partial charge in [-0.15, -0.1) is 0 Å². The molecule has 7 heteroatoms. The molecule has 2 unspecified atom stereocenters. The molecule has 2 rings (SSSR count). The van der Waals surface area contributed by atoms with E-state index in [2.05, 4.69) is 15.4 Å². The van der Waals surface area contributed by atoms with Gasteiger partial charge in [0.1, 0.15) is 0 Å². The summed E-state index contributed by atoms with van der Waals surface area (Å²) < 4.78 is 38.9. The molecule has 0 aliphatic rings. The Bertz CT molecular complexity index is 633. The molecule has 0 fully saturated rings. The van der Waals surface area contributed by atoms with E-state index in [4.69, 9.17) is 0 Å². The fourth-order valence-electron chi connectivity index (χ4n) is 2.52. The van der Waals surface area contributed by atoms with E-state index < -0.39 is 18.6 Å². The standard InChI is InChI=1S/C14H19F3N4/c1-8-5-13-18-7-12(11(4)21(13)20-8)10(3)19-9(2)6-14(15,16)17/h5,7,9-10,19H,6H2,1-4H3. The predicted molar refractivity (Wildman–Crippen MR) is 74.1 cm³/mol. The zero-order valence-electron chi connectivity index (χ0n) is 12.5. The molecular weight excluding hydrogens is 281 g/mol. The molecule has 2 atom stereocenters. The minimum atomic E-state index is -4.16. The lowest BCUT2D eigenvalue weighted by Gasteiger charge is -2.22. The lowest BCUT2D eigenvalue weighted by molar-refractivity contribution is -0.139. The summed E-state index contributed by atoms with van der Waals surface area (Å²) in [6.07, 6.45) is -3.32. The number of hydrogen-bond acceptors (Lipinski definition) is 3. The van der Waals surface area contributed by atoms with Crippen LogP contribution in [0.5, 0.6) is 0 Å². The third kappa shape index (κ3) is 3.72. The second-order valence-electron chi connectivity index (χ2n) is 5.46. The van der Waals surface area contributed by atoms with Gasteiger partial charge in [0.15, 0.2) is 5.65 Å². The van der Waals surface area contributed by atoms with Crippen molar-refractivity contribution in [3.05, 3.63) is 29.2 Å². The third-order valence-corrected chi connectivity index (χ3v) is 3.42. The molecule has 0 bridgehead atoms. The second kappa shape index (κ2) is 5.63. The van der Waals surface area contributed by atoms with E-state index in [9.17, 15) is 13.2 Å². The summed E-state index contributed by atoms with van der Waals surface area (Å²) in [5.74, 6) is 0. The Morgan fingerprint density at radius 1 is 1.29 bits per heavy atom. The fraction of sp³-hybridized carbons (Fsp3) is 0.571. The lowest BCUT2D eigenvalue weighted by atomic mass is 10.1. The molecule has 0 radical (unpaired) electrons. The number of halogens is 3. The Morgan fingerprint density at radius 3 is 2.57 bits per heavy atom. The summed E-state index contributed by atoms with van der Waals surface area (Å²) in [6, 6.07) is 0.972. The van der Waals surface area contributed by atoms with Gasteiger partial charge < -0.3 is 5.32 Å². The first-order valence-electron chi connectivity index (χ1n) is 6.82. The molecule has 0 spiro atoms. The van der Waals surface area contributed by atoms with Crippen molar-refractivity contribution in [2.45, 2.75) is 52.4 Å². The number of nitrogens with one attached hydrogen (secondary N) is 1. The van der Waals surface area contributed by atoms with E-state index in [-0.39, 0.29) is 6.04 Å². The summed E-state index contributed by atoms with van der Waals surface area (Å²) in [6.45, 7) is 7.13. The predicted octanol–water partition coefficient (Wildman–Crippen LogP) is 3.34. The van der Waals surface area contributed by atoms with Gasteiger partial charge in [-0.05, 0) is 27.7 Å². The number of nitrogens with zero attached hydrogens (tertiary/aromatic N) is 3. The van der Waals surface area contributed by atoms with Crippen molar-refractivity contribution in [2.24, 2.45) is 0 Å². The number of rotatable bonds is 4. The van der Waals surface area contributed by atoms with Crippen LogP contribution in [0.4, 0.5) is 13.2 Å². The van der Waals surface area contributed by atoms with Gasteiger partial charge in [-0.1, -0.05) is 0 Å². The van der Waals surface area contributed by atoms with Crippen molar-refractivity contribution >= 4 is 5.65 Å². The topological polar surface area (TPSA) is 42.2 Å². The van der Waals surface area contributed by atoms with Crippen molar-refractivity contribution in [3.63, 3.8) is 0 Å². The zero-order chi connectivity index (χ0) is 15.8.